The maximum absolute atomic E-state index is 12.1. The number of fused-ring (bicyclic) bond motifs is 1. The quantitative estimate of drug-likeness (QED) is 0.828. The van der Waals surface area contributed by atoms with Crippen LogP contribution in [0.4, 0.5) is 0 Å². The molecule has 24 heavy (non-hydrogen) atoms. The average Bonchev–Trinajstić information content (AvgIpc) is 2.65. The van der Waals surface area contributed by atoms with Crippen molar-refractivity contribution < 1.29 is 14.3 Å². The van der Waals surface area contributed by atoms with Crippen LogP contribution in [0, 0.1) is 0 Å². The van der Waals surface area contributed by atoms with E-state index in [9.17, 15) is 4.79 Å². The first kappa shape index (κ1) is 16.4. The van der Waals surface area contributed by atoms with Gasteiger partial charge >= 0.3 is 0 Å². The van der Waals surface area contributed by atoms with Crippen molar-refractivity contribution in [3.63, 3.8) is 0 Å². The topological polar surface area (TPSA) is 47.6 Å². The fraction of sp³-hybridized carbons (Fsp3) is 0.350. The molecule has 4 nitrogen and oxygen atoms in total. The number of rotatable bonds is 6. The van der Waals surface area contributed by atoms with Crippen molar-refractivity contribution >= 4 is 5.91 Å². The Bertz CT molecular complexity index is 712. The Morgan fingerprint density at radius 2 is 1.88 bits per heavy atom. The monoisotopic (exact) mass is 325 g/mol. The third-order valence-electron chi connectivity index (χ3n) is 4.31. The van der Waals surface area contributed by atoms with Crippen LogP contribution in [0.15, 0.2) is 42.5 Å². The number of amides is 1. The summed E-state index contributed by atoms with van der Waals surface area (Å²) >= 11 is 0. The number of aryl methyl sites for hydroxylation is 2. The molecule has 0 saturated heterocycles. The summed E-state index contributed by atoms with van der Waals surface area (Å²) in [5.74, 6) is 1.43. The van der Waals surface area contributed by atoms with Gasteiger partial charge in [-0.05, 0) is 67.1 Å². The lowest BCUT2D eigenvalue weighted by Gasteiger charge is -2.17. The number of hydrogen-bond donors (Lipinski definition) is 1. The number of carbonyl (C=O) groups is 1. The lowest BCUT2D eigenvalue weighted by molar-refractivity contribution is 0.0946. The van der Waals surface area contributed by atoms with Crippen LogP contribution in [-0.2, 0) is 12.8 Å². The molecule has 1 amide bonds. The van der Waals surface area contributed by atoms with Crippen LogP contribution in [0.1, 0.15) is 34.3 Å². The van der Waals surface area contributed by atoms with Crippen molar-refractivity contribution in [2.45, 2.75) is 25.7 Å². The van der Waals surface area contributed by atoms with E-state index in [0.29, 0.717) is 24.5 Å². The highest BCUT2D eigenvalue weighted by Gasteiger charge is 2.10. The largest absolute Gasteiger partial charge is 0.497 e. The van der Waals surface area contributed by atoms with E-state index >= 15 is 0 Å². The summed E-state index contributed by atoms with van der Waals surface area (Å²) < 4.78 is 10.9. The van der Waals surface area contributed by atoms with Gasteiger partial charge in [0.1, 0.15) is 18.1 Å². The van der Waals surface area contributed by atoms with Gasteiger partial charge in [0, 0.05) is 5.56 Å². The molecule has 0 saturated carbocycles. The van der Waals surface area contributed by atoms with Crippen molar-refractivity contribution in [3.8, 4) is 11.5 Å². The summed E-state index contributed by atoms with van der Waals surface area (Å²) in [6.45, 7) is 0.918. The van der Waals surface area contributed by atoms with Gasteiger partial charge in [-0.25, -0.2) is 0 Å². The van der Waals surface area contributed by atoms with Crippen molar-refractivity contribution in [3.05, 3.63) is 59.2 Å². The second-order valence-electron chi connectivity index (χ2n) is 5.97. The van der Waals surface area contributed by atoms with Crippen LogP contribution >= 0.6 is 0 Å². The molecule has 2 aromatic carbocycles. The molecule has 2 aromatic rings. The van der Waals surface area contributed by atoms with E-state index in [1.165, 1.54) is 30.4 Å². The molecule has 0 atom stereocenters. The smallest absolute Gasteiger partial charge is 0.251 e. The van der Waals surface area contributed by atoms with Gasteiger partial charge < -0.3 is 14.8 Å². The number of nitrogens with one attached hydrogen (secondary N) is 1. The Balaban J connectivity index is 1.47. The summed E-state index contributed by atoms with van der Waals surface area (Å²) in [5.41, 5.74) is 3.43. The first-order chi connectivity index (χ1) is 11.8. The van der Waals surface area contributed by atoms with Crippen molar-refractivity contribution in [2.24, 2.45) is 0 Å². The summed E-state index contributed by atoms with van der Waals surface area (Å²) in [6.07, 6.45) is 4.85. The molecule has 0 bridgehead atoms. The highest BCUT2D eigenvalue weighted by Crippen LogP contribution is 2.25. The van der Waals surface area contributed by atoms with E-state index in [2.05, 4.69) is 17.4 Å². The van der Waals surface area contributed by atoms with Gasteiger partial charge in [-0.3, -0.25) is 4.79 Å². The average molecular weight is 325 g/mol. The molecule has 1 aliphatic rings. The van der Waals surface area contributed by atoms with E-state index in [1.807, 2.05) is 12.1 Å². The Labute approximate surface area is 142 Å². The van der Waals surface area contributed by atoms with Crippen LogP contribution in [0.2, 0.25) is 0 Å². The van der Waals surface area contributed by atoms with E-state index in [4.69, 9.17) is 9.47 Å². The zero-order valence-electron chi connectivity index (χ0n) is 14.0. The zero-order valence-corrected chi connectivity index (χ0v) is 14.0. The van der Waals surface area contributed by atoms with Crippen LogP contribution in [0.5, 0.6) is 11.5 Å². The molecule has 0 unspecified atom stereocenters. The Hall–Kier alpha value is -2.49. The minimum absolute atomic E-state index is 0.122. The van der Waals surface area contributed by atoms with E-state index in [0.717, 1.165) is 12.2 Å². The number of benzene rings is 2. The van der Waals surface area contributed by atoms with Crippen LogP contribution in [-0.4, -0.2) is 26.2 Å². The van der Waals surface area contributed by atoms with E-state index in [1.54, 1.807) is 25.3 Å². The fourth-order valence-corrected chi connectivity index (χ4v) is 3.00. The zero-order chi connectivity index (χ0) is 16.8. The molecule has 0 spiro atoms. The summed E-state index contributed by atoms with van der Waals surface area (Å²) in [4.78, 5) is 12.1. The maximum atomic E-state index is 12.1. The summed E-state index contributed by atoms with van der Waals surface area (Å²) in [7, 11) is 1.59. The highest BCUT2D eigenvalue weighted by molar-refractivity contribution is 5.94. The van der Waals surface area contributed by atoms with Crippen LogP contribution < -0.4 is 14.8 Å². The number of ether oxygens (including phenoxy) is 2. The second-order valence-corrected chi connectivity index (χ2v) is 5.97. The molecule has 126 valence electrons. The molecule has 0 aliphatic heterocycles. The van der Waals surface area contributed by atoms with Gasteiger partial charge in [0.25, 0.3) is 5.91 Å². The van der Waals surface area contributed by atoms with Gasteiger partial charge in [0.05, 0.1) is 13.7 Å². The van der Waals surface area contributed by atoms with Crippen molar-refractivity contribution in [2.75, 3.05) is 20.3 Å². The SMILES string of the molecule is COc1cccc(C(=O)NCCOc2ccc3c(c2)CCCC3)c1. The van der Waals surface area contributed by atoms with E-state index in [-0.39, 0.29) is 5.91 Å². The standard InChI is InChI=1S/C20H23NO3/c1-23-18-8-4-7-17(14-18)20(22)21-11-12-24-19-10-9-15-5-2-3-6-16(15)13-19/h4,7-10,13-14H,2-3,5-6,11-12H2,1H3,(H,21,22). The third-order valence-corrected chi connectivity index (χ3v) is 4.31. The first-order valence-electron chi connectivity index (χ1n) is 8.43. The van der Waals surface area contributed by atoms with Gasteiger partial charge in [-0.15, -0.1) is 0 Å². The Kier molecular flexibility index (Phi) is 5.36. The summed E-state index contributed by atoms with van der Waals surface area (Å²) in [5, 5.41) is 2.86. The lowest BCUT2D eigenvalue weighted by atomic mass is 9.92. The highest BCUT2D eigenvalue weighted by atomic mass is 16.5. The molecule has 0 heterocycles. The molecule has 1 aliphatic carbocycles. The summed E-state index contributed by atoms with van der Waals surface area (Å²) in [6, 6.07) is 13.4. The molecule has 0 radical (unpaired) electrons. The number of methoxy groups -OCH3 is 1. The third kappa shape index (κ3) is 4.07. The number of hydrogen-bond acceptors (Lipinski definition) is 3. The molecule has 0 aromatic heterocycles. The molecular formula is C20H23NO3. The number of carbonyl (C=O) groups excluding carboxylic acids is 1. The predicted molar refractivity (Wildman–Crippen MR) is 93.9 cm³/mol. The lowest BCUT2D eigenvalue weighted by Crippen LogP contribution is -2.28. The molecule has 3 rings (SSSR count). The van der Waals surface area contributed by atoms with Crippen LogP contribution in [0.3, 0.4) is 0 Å². The van der Waals surface area contributed by atoms with Crippen LogP contribution in [0.25, 0.3) is 0 Å². The molecule has 0 fully saturated rings. The van der Waals surface area contributed by atoms with Gasteiger partial charge in [0.15, 0.2) is 0 Å². The van der Waals surface area contributed by atoms with Gasteiger partial charge in [-0.2, -0.15) is 0 Å². The molecular weight excluding hydrogens is 302 g/mol. The maximum Gasteiger partial charge on any atom is 0.251 e. The molecule has 4 heteroatoms. The first-order valence-corrected chi connectivity index (χ1v) is 8.43. The Morgan fingerprint density at radius 1 is 1.04 bits per heavy atom. The van der Waals surface area contributed by atoms with Crippen molar-refractivity contribution in [1.29, 1.82) is 0 Å². The van der Waals surface area contributed by atoms with Gasteiger partial charge in [-0.1, -0.05) is 12.1 Å². The minimum atomic E-state index is -0.122. The van der Waals surface area contributed by atoms with E-state index < -0.39 is 0 Å². The predicted octanol–water partition coefficient (Wildman–Crippen LogP) is 3.38. The van der Waals surface area contributed by atoms with Gasteiger partial charge in [0.2, 0.25) is 0 Å². The molecule has 1 N–H and O–H groups in total. The fourth-order valence-electron chi connectivity index (χ4n) is 3.00. The normalized spacial score (nSPS) is 13.0. The Morgan fingerprint density at radius 3 is 2.71 bits per heavy atom. The minimum Gasteiger partial charge on any atom is -0.497 e. The van der Waals surface area contributed by atoms with Crippen molar-refractivity contribution in [1.82, 2.24) is 5.32 Å². The second kappa shape index (κ2) is 7.86.